The smallest absolute Gasteiger partial charge is 0.309 e. The van der Waals surface area contributed by atoms with E-state index < -0.39 is 27.5 Å². The molecule has 0 bridgehead atoms. The Labute approximate surface area is 156 Å². The van der Waals surface area contributed by atoms with E-state index in [0.717, 1.165) is 36.3 Å². The molecular weight excluding hydrogens is 389 g/mol. The first-order chi connectivity index (χ1) is 11.7. The predicted octanol–water partition coefficient (Wildman–Crippen LogP) is 3.35. The molecule has 0 saturated carbocycles. The molecule has 9 heteroatoms. The zero-order valence-corrected chi connectivity index (χ0v) is 15.3. The lowest BCUT2D eigenvalue weighted by Gasteiger charge is -2.10. The number of rotatable bonds is 5. The van der Waals surface area contributed by atoms with Crippen molar-refractivity contribution < 1.29 is 21.6 Å². The Bertz CT molecular complexity index is 886. The summed E-state index contributed by atoms with van der Waals surface area (Å²) in [5.74, 6) is -0.497. The van der Waals surface area contributed by atoms with Gasteiger partial charge in [0.15, 0.2) is 0 Å². The largest absolute Gasteiger partial charge is 0.416 e. The fourth-order valence-corrected chi connectivity index (χ4v) is 3.87. The van der Waals surface area contributed by atoms with Crippen molar-refractivity contribution in [3.63, 3.8) is 0 Å². The summed E-state index contributed by atoms with van der Waals surface area (Å²) in [4.78, 5) is 0. The third kappa shape index (κ3) is 5.20. The number of halogens is 4. The molecule has 0 fully saturated rings. The van der Waals surface area contributed by atoms with Gasteiger partial charge in [0.1, 0.15) is 0 Å². The average Bonchev–Trinajstić information content (AvgIpc) is 3.00. The molecule has 0 saturated heterocycles. The van der Waals surface area contributed by atoms with Crippen LogP contribution < -0.4 is 10.0 Å². The Morgan fingerprint density at radius 3 is 2.46 bits per heavy atom. The molecule has 0 amide bonds. The highest BCUT2D eigenvalue weighted by atomic mass is 35.5. The third-order valence-corrected chi connectivity index (χ3v) is 5.31. The highest BCUT2D eigenvalue weighted by Gasteiger charge is 2.30. The third-order valence-electron chi connectivity index (χ3n) is 4.01. The van der Waals surface area contributed by atoms with Crippen molar-refractivity contribution in [1.29, 1.82) is 0 Å². The first kappa shape index (κ1) is 20.7. The van der Waals surface area contributed by atoms with Gasteiger partial charge in [0, 0.05) is 19.6 Å². The van der Waals surface area contributed by atoms with Crippen LogP contribution in [0.1, 0.15) is 27.8 Å². The number of benzene rings is 2. The van der Waals surface area contributed by atoms with E-state index in [-0.39, 0.29) is 24.5 Å². The summed E-state index contributed by atoms with van der Waals surface area (Å²) in [6.45, 7) is 1.66. The molecule has 0 spiro atoms. The van der Waals surface area contributed by atoms with Crippen molar-refractivity contribution in [2.24, 2.45) is 0 Å². The summed E-state index contributed by atoms with van der Waals surface area (Å²) in [5, 5.41) is 3.21. The molecule has 0 aromatic heterocycles. The molecule has 3 rings (SSSR count). The number of hydrogen-bond donors (Lipinski definition) is 2. The summed E-state index contributed by atoms with van der Waals surface area (Å²) < 4.78 is 64.9. The SMILES string of the molecule is Cl.O=S(=O)(Cc1cccc(C(F)(F)F)c1)NCc1ccc2c(c1)CNC2. The van der Waals surface area contributed by atoms with Crippen LogP contribution >= 0.6 is 12.4 Å². The highest BCUT2D eigenvalue weighted by Crippen LogP contribution is 2.29. The van der Waals surface area contributed by atoms with Crippen LogP contribution in [-0.2, 0) is 41.6 Å². The van der Waals surface area contributed by atoms with Gasteiger partial charge >= 0.3 is 6.18 Å². The van der Waals surface area contributed by atoms with E-state index in [1.165, 1.54) is 17.7 Å². The van der Waals surface area contributed by atoms with Crippen LogP contribution in [0.4, 0.5) is 13.2 Å². The Kier molecular flexibility index (Phi) is 6.33. The van der Waals surface area contributed by atoms with E-state index in [9.17, 15) is 21.6 Å². The molecule has 4 nitrogen and oxygen atoms in total. The topological polar surface area (TPSA) is 58.2 Å². The first-order valence-corrected chi connectivity index (χ1v) is 9.33. The lowest BCUT2D eigenvalue weighted by atomic mass is 10.1. The van der Waals surface area contributed by atoms with E-state index in [2.05, 4.69) is 10.0 Å². The van der Waals surface area contributed by atoms with Crippen molar-refractivity contribution >= 4 is 22.4 Å². The summed E-state index contributed by atoms with van der Waals surface area (Å²) in [5.41, 5.74) is 2.38. The Balaban J connectivity index is 0.00000243. The Morgan fingerprint density at radius 1 is 1.00 bits per heavy atom. The Hall–Kier alpha value is -1.61. The van der Waals surface area contributed by atoms with Crippen LogP contribution in [0.5, 0.6) is 0 Å². The van der Waals surface area contributed by atoms with Crippen molar-refractivity contribution in [2.45, 2.75) is 31.6 Å². The van der Waals surface area contributed by atoms with E-state index in [0.29, 0.717) is 0 Å². The number of sulfonamides is 1. The van der Waals surface area contributed by atoms with Crippen LogP contribution in [-0.4, -0.2) is 8.42 Å². The molecule has 0 unspecified atom stereocenters. The maximum atomic E-state index is 12.7. The van der Waals surface area contributed by atoms with Gasteiger partial charge in [-0.15, -0.1) is 12.4 Å². The van der Waals surface area contributed by atoms with Gasteiger partial charge in [-0.1, -0.05) is 36.4 Å². The van der Waals surface area contributed by atoms with Crippen LogP contribution in [0.25, 0.3) is 0 Å². The van der Waals surface area contributed by atoms with Gasteiger partial charge in [0.25, 0.3) is 0 Å². The standard InChI is InChI=1S/C17H17F3N2O2S.ClH/c18-17(19,20)16-3-1-2-13(7-16)11-25(23,24)22-8-12-4-5-14-9-21-10-15(14)6-12;/h1-7,21-22H,8-11H2;1H. The minimum absolute atomic E-state index is 0. The zero-order chi connectivity index (χ0) is 18.1. The fourth-order valence-electron chi connectivity index (χ4n) is 2.76. The zero-order valence-electron chi connectivity index (χ0n) is 13.6. The van der Waals surface area contributed by atoms with Gasteiger partial charge in [-0.05, 0) is 28.3 Å². The van der Waals surface area contributed by atoms with Gasteiger partial charge < -0.3 is 5.32 Å². The normalized spacial score (nSPS) is 14.0. The summed E-state index contributed by atoms with van der Waals surface area (Å²) >= 11 is 0. The molecule has 0 aliphatic carbocycles. The first-order valence-electron chi connectivity index (χ1n) is 7.68. The van der Waals surface area contributed by atoms with E-state index in [4.69, 9.17) is 0 Å². The van der Waals surface area contributed by atoms with Crippen molar-refractivity contribution in [2.75, 3.05) is 0 Å². The van der Waals surface area contributed by atoms with Crippen LogP contribution in [0.15, 0.2) is 42.5 Å². The van der Waals surface area contributed by atoms with Crippen molar-refractivity contribution in [3.8, 4) is 0 Å². The second-order valence-corrected chi connectivity index (χ2v) is 7.79. The summed E-state index contributed by atoms with van der Waals surface area (Å²) in [7, 11) is -3.74. The molecule has 1 aliphatic rings. The summed E-state index contributed by atoms with van der Waals surface area (Å²) in [6.07, 6.45) is -4.49. The quantitative estimate of drug-likeness (QED) is 0.800. The minimum atomic E-state index is -4.49. The van der Waals surface area contributed by atoms with Gasteiger partial charge in [-0.2, -0.15) is 13.2 Å². The Morgan fingerprint density at radius 2 is 1.73 bits per heavy atom. The molecular formula is C17H18ClF3N2O2S. The maximum absolute atomic E-state index is 12.7. The highest BCUT2D eigenvalue weighted by molar-refractivity contribution is 7.88. The number of alkyl halides is 3. The molecule has 1 heterocycles. The molecule has 0 radical (unpaired) electrons. The molecule has 2 N–H and O–H groups in total. The second-order valence-electron chi connectivity index (χ2n) is 5.98. The predicted molar refractivity (Wildman–Crippen MR) is 95.1 cm³/mol. The molecule has 2 aromatic rings. The van der Waals surface area contributed by atoms with E-state index >= 15 is 0 Å². The van der Waals surface area contributed by atoms with Crippen molar-refractivity contribution in [3.05, 3.63) is 70.3 Å². The van der Waals surface area contributed by atoms with Crippen LogP contribution in [0, 0.1) is 0 Å². The number of hydrogen-bond acceptors (Lipinski definition) is 3. The van der Waals surface area contributed by atoms with Gasteiger partial charge in [-0.3, -0.25) is 0 Å². The minimum Gasteiger partial charge on any atom is -0.309 e. The second kappa shape index (κ2) is 7.96. The fraction of sp³-hybridized carbons (Fsp3) is 0.294. The molecule has 0 atom stereocenters. The molecule has 142 valence electrons. The van der Waals surface area contributed by atoms with Crippen LogP contribution in [0.3, 0.4) is 0 Å². The van der Waals surface area contributed by atoms with Gasteiger partial charge in [0.05, 0.1) is 11.3 Å². The number of fused-ring (bicyclic) bond motifs is 1. The molecule has 2 aromatic carbocycles. The monoisotopic (exact) mass is 406 g/mol. The molecule has 26 heavy (non-hydrogen) atoms. The average molecular weight is 407 g/mol. The number of nitrogens with one attached hydrogen (secondary N) is 2. The maximum Gasteiger partial charge on any atom is 0.416 e. The van der Waals surface area contributed by atoms with Gasteiger partial charge in [-0.25, -0.2) is 13.1 Å². The lowest BCUT2D eigenvalue weighted by molar-refractivity contribution is -0.137. The van der Waals surface area contributed by atoms with E-state index in [1.807, 2.05) is 18.2 Å². The summed E-state index contributed by atoms with van der Waals surface area (Å²) in [6, 6.07) is 10.1. The van der Waals surface area contributed by atoms with E-state index in [1.54, 1.807) is 0 Å². The van der Waals surface area contributed by atoms with Crippen LogP contribution in [0.2, 0.25) is 0 Å². The lowest BCUT2D eigenvalue weighted by Crippen LogP contribution is -2.25. The van der Waals surface area contributed by atoms with Crippen molar-refractivity contribution in [1.82, 2.24) is 10.0 Å². The molecule has 1 aliphatic heterocycles. The van der Waals surface area contributed by atoms with Gasteiger partial charge in [0.2, 0.25) is 10.0 Å².